The fourth-order valence-corrected chi connectivity index (χ4v) is 1.82. The summed E-state index contributed by atoms with van der Waals surface area (Å²) in [7, 11) is 0. The lowest BCUT2D eigenvalue weighted by atomic mass is 10.1. The first-order valence-electron chi connectivity index (χ1n) is 5.92. The first kappa shape index (κ1) is 12.3. The number of hydrogen-bond donors (Lipinski definition) is 1. The van der Waals surface area contributed by atoms with Gasteiger partial charge in [0, 0.05) is 25.0 Å². The van der Waals surface area contributed by atoms with Gasteiger partial charge < -0.3 is 5.32 Å². The van der Waals surface area contributed by atoms with E-state index in [4.69, 9.17) is 5.26 Å². The van der Waals surface area contributed by atoms with Crippen LogP contribution in [0.5, 0.6) is 0 Å². The molecule has 0 aliphatic rings. The second-order valence-electron chi connectivity index (χ2n) is 4.15. The maximum absolute atomic E-state index is 9.01. The van der Waals surface area contributed by atoms with E-state index in [2.05, 4.69) is 23.3 Å². The number of nitrogens with one attached hydrogen (secondary N) is 1. The van der Waals surface area contributed by atoms with Gasteiger partial charge in [0.05, 0.1) is 11.6 Å². The summed E-state index contributed by atoms with van der Waals surface area (Å²) in [4.78, 5) is 4.00. The summed E-state index contributed by atoms with van der Waals surface area (Å²) in [5.74, 6) is 0. The Hall–Kier alpha value is -2.18. The highest BCUT2D eigenvalue weighted by atomic mass is 14.9. The van der Waals surface area contributed by atoms with E-state index in [0.717, 1.165) is 11.1 Å². The van der Waals surface area contributed by atoms with Gasteiger partial charge in [-0.3, -0.25) is 4.98 Å². The smallest absolute Gasteiger partial charge is 0.0995 e. The van der Waals surface area contributed by atoms with Gasteiger partial charge in [0.25, 0.3) is 0 Å². The van der Waals surface area contributed by atoms with Gasteiger partial charge in [-0.2, -0.15) is 5.26 Å². The summed E-state index contributed by atoms with van der Waals surface area (Å²) < 4.78 is 0. The minimum absolute atomic E-state index is 0.236. The van der Waals surface area contributed by atoms with Crippen LogP contribution in [0.3, 0.4) is 0 Å². The average Bonchev–Trinajstić information content (AvgIpc) is 2.46. The van der Waals surface area contributed by atoms with Crippen molar-refractivity contribution in [3.05, 3.63) is 65.5 Å². The van der Waals surface area contributed by atoms with E-state index in [1.54, 1.807) is 12.4 Å². The molecule has 1 heterocycles. The normalized spacial score (nSPS) is 11.8. The Morgan fingerprint density at radius 2 is 1.94 bits per heavy atom. The molecule has 18 heavy (non-hydrogen) atoms. The number of aromatic nitrogens is 1. The van der Waals surface area contributed by atoms with Gasteiger partial charge in [-0.25, -0.2) is 0 Å². The van der Waals surface area contributed by atoms with E-state index >= 15 is 0 Å². The molecule has 0 amide bonds. The molecular weight excluding hydrogens is 222 g/mol. The number of pyridine rings is 1. The molecule has 1 aromatic heterocycles. The number of hydrogen-bond acceptors (Lipinski definition) is 3. The summed E-state index contributed by atoms with van der Waals surface area (Å²) >= 11 is 0. The Kier molecular flexibility index (Phi) is 4.06. The van der Waals surface area contributed by atoms with E-state index in [0.29, 0.717) is 6.54 Å². The molecule has 0 radical (unpaired) electrons. The van der Waals surface area contributed by atoms with Gasteiger partial charge in [0.1, 0.15) is 0 Å². The summed E-state index contributed by atoms with van der Waals surface area (Å²) in [5.41, 5.74) is 2.95. The largest absolute Gasteiger partial charge is 0.306 e. The standard InChI is InChI=1S/C15H15N3/c1-12(13-6-8-17-9-7-13)18-11-15-5-3-2-4-14(15)10-16/h2-9,12,18H,11H2,1H3. The van der Waals surface area contributed by atoms with Crippen molar-refractivity contribution in [2.75, 3.05) is 0 Å². The first-order chi connectivity index (χ1) is 8.81. The first-order valence-corrected chi connectivity index (χ1v) is 5.92. The van der Waals surface area contributed by atoms with Crippen LogP contribution in [-0.2, 0) is 6.54 Å². The van der Waals surface area contributed by atoms with Crippen LogP contribution in [0.4, 0.5) is 0 Å². The molecule has 1 N–H and O–H groups in total. The van der Waals surface area contributed by atoms with Crippen molar-refractivity contribution in [3.8, 4) is 6.07 Å². The van der Waals surface area contributed by atoms with Gasteiger partial charge in [-0.15, -0.1) is 0 Å². The fraction of sp³-hybridized carbons (Fsp3) is 0.200. The zero-order valence-electron chi connectivity index (χ0n) is 10.3. The predicted molar refractivity (Wildman–Crippen MR) is 70.6 cm³/mol. The van der Waals surface area contributed by atoms with Crippen molar-refractivity contribution in [1.82, 2.24) is 10.3 Å². The minimum Gasteiger partial charge on any atom is -0.306 e. The second-order valence-corrected chi connectivity index (χ2v) is 4.15. The fourth-order valence-electron chi connectivity index (χ4n) is 1.82. The quantitative estimate of drug-likeness (QED) is 0.889. The molecule has 1 aromatic carbocycles. The SMILES string of the molecule is CC(NCc1ccccc1C#N)c1ccncc1. The van der Waals surface area contributed by atoms with Gasteiger partial charge in [-0.1, -0.05) is 18.2 Å². The predicted octanol–water partition coefficient (Wildman–Crippen LogP) is 2.80. The van der Waals surface area contributed by atoms with Crippen molar-refractivity contribution in [2.24, 2.45) is 0 Å². The van der Waals surface area contributed by atoms with Crippen molar-refractivity contribution in [3.63, 3.8) is 0 Å². The number of benzene rings is 1. The monoisotopic (exact) mass is 237 g/mol. The summed E-state index contributed by atoms with van der Waals surface area (Å²) in [6.45, 7) is 2.79. The van der Waals surface area contributed by atoms with Crippen LogP contribution >= 0.6 is 0 Å². The molecule has 0 spiro atoms. The molecule has 3 heteroatoms. The molecule has 2 rings (SSSR count). The Morgan fingerprint density at radius 3 is 2.67 bits per heavy atom. The summed E-state index contributed by atoms with van der Waals surface area (Å²) in [5, 5.41) is 12.4. The van der Waals surface area contributed by atoms with E-state index in [-0.39, 0.29) is 6.04 Å². The Labute approximate surface area is 107 Å². The third-order valence-electron chi connectivity index (χ3n) is 2.94. The molecule has 3 nitrogen and oxygen atoms in total. The molecule has 0 saturated carbocycles. The molecule has 0 aliphatic carbocycles. The van der Waals surface area contributed by atoms with E-state index in [1.807, 2.05) is 36.4 Å². The van der Waals surface area contributed by atoms with Crippen LogP contribution in [0.1, 0.15) is 29.7 Å². The summed E-state index contributed by atoms with van der Waals surface area (Å²) in [6.07, 6.45) is 3.58. The second kappa shape index (κ2) is 5.95. The van der Waals surface area contributed by atoms with Crippen LogP contribution in [0.15, 0.2) is 48.8 Å². The topological polar surface area (TPSA) is 48.7 Å². The Balaban J connectivity index is 2.02. The van der Waals surface area contributed by atoms with Crippen molar-refractivity contribution >= 4 is 0 Å². The van der Waals surface area contributed by atoms with E-state index < -0.39 is 0 Å². The third kappa shape index (κ3) is 2.93. The molecule has 0 bridgehead atoms. The Bertz CT molecular complexity index is 543. The van der Waals surface area contributed by atoms with Crippen molar-refractivity contribution in [2.45, 2.75) is 19.5 Å². The van der Waals surface area contributed by atoms with Crippen LogP contribution in [0.25, 0.3) is 0 Å². The van der Waals surface area contributed by atoms with Gasteiger partial charge in [-0.05, 0) is 36.2 Å². The van der Waals surface area contributed by atoms with Crippen molar-refractivity contribution < 1.29 is 0 Å². The molecule has 0 fully saturated rings. The van der Waals surface area contributed by atoms with Crippen molar-refractivity contribution in [1.29, 1.82) is 5.26 Å². The zero-order chi connectivity index (χ0) is 12.8. The number of nitriles is 1. The lowest BCUT2D eigenvalue weighted by Crippen LogP contribution is -2.18. The molecule has 1 unspecified atom stereocenters. The van der Waals surface area contributed by atoms with Crippen LogP contribution in [-0.4, -0.2) is 4.98 Å². The molecule has 0 saturated heterocycles. The molecule has 90 valence electrons. The maximum atomic E-state index is 9.01. The van der Waals surface area contributed by atoms with Gasteiger partial charge >= 0.3 is 0 Å². The van der Waals surface area contributed by atoms with Gasteiger partial charge in [0.2, 0.25) is 0 Å². The number of rotatable bonds is 4. The average molecular weight is 237 g/mol. The lowest BCUT2D eigenvalue weighted by molar-refractivity contribution is 0.573. The molecule has 1 atom stereocenters. The minimum atomic E-state index is 0.236. The maximum Gasteiger partial charge on any atom is 0.0995 e. The lowest BCUT2D eigenvalue weighted by Gasteiger charge is -2.14. The van der Waals surface area contributed by atoms with Crippen LogP contribution in [0, 0.1) is 11.3 Å². The van der Waals surface area contributed by atoms with Crippen LogP contribution < -0.4 is 5.32 Å². The highest BCUT2D eigenvalue weighted by molar-refractivity contribution is 5.37. The zero-order valence-corrected chi connectivity index (χ0v) is 10.3. The molecule has 2 aromatic rings. The highest BCUT2D eigenvalue weighted by Gasteiger charge is 2.06. The van der Waals surface area contributed by atoms with E-state index in [9.17, 15) is 0 Å². The highest BCUT2D eigenvalue weighted by Crippen LogP contribution is 2.13. The third-order valence-corrected chi connectivity index (χ3v) is 2.94. The summed E-state index contributed by atoms with van der Waals surface area (Å²) in [6, 6.07) is 14.1. The number of nitrogens with zero attached hydrogens (tertiary/aromatic N) is 2. The molecular formula is C15H15N3. The Morgan fingerprint density at radius 1 is 1.22 bits per heavy atom. The van der Waals surface area contributed by atoms with E-state index in [1.165, 1.54) is 5.56 Å². The molecule has 0 aliphatic heterocycles. The van der Waals surface area contributed by atoms with Gasteiger partial charge in [0.15, 0.2) is 0 Å². The van der Waals surface area contributed by atoms with Crippen LogP contribution in [0.2, 0.25) is 0 Å².